The first-order chi connectivity index (χ1) is 15.1. The van der Waals surface area contributed by atoms with Crippen molar-refractivity contribution in [2.75, 3.05) is 24.2 Å². The highest BCUT2D eigenvalue weighted by atomic mass is 35.5. The van der Waals surface area contributed by atoms with Crippen LogP contribution >= 0.6 is 11.6 Å². The molecule has 7 nitrogen and oxygen atoms in total. The molecule has 0 bridgehead atoms. The fourth-order valence-electron chi connectivity index (χ4n) is 3.20. The number of hydrogen-bond donors (Lipinski definition) is 4. The summed E-state index contributed by atoms with van der Waals surface area (Å²) >= 11 is 6.28. The Bertz CT molecular complexity index is 1240. The largest absolute Gasteiger partial charge is 0.405 e. The lowest BCUT2D eigenvalue weighted by molar-refractivity contribution is -0.138. The molecular weight excluding hydrogens is 447 g/mol. The lowest BCUT2D eigenvalue weighted by Crippen LogP contribution is -2.37. The van der Waals surface area contributed by atoms with Gasteiger partial charge in [-0.05, 0) is 29.7 Å². The van der Waals surface area contributed by atoms with Gasteiger partial charge in [0.1, 0.15) is 13.1 Å². The average molecular weight is 466 g/mol. The first-order valence-corrected chi connectivity index (χ1v) is 9.75. The molecule has 1 aromatic heterocycles. The van der Waals surface area contributed by atoms with Gasteiger partial charge in [-0.1, -0.05) is 23.7 Å². The van der Waals surface area contributed by atoms with E-state index in [0.29, 0.717) is 33.0 Å². The van der Waals surface area contributed by atoms with E-state index in [1.807, 2.05) is 0 Å². The second kappa shape index (κ2) is 9.31. The third-order valence-corrected chi connectivity index (χ3v) is 4.91. The van der Waals surface area contributed by atoms with Crippen LogP contribution in [0, 0.1) is 5.41 Å². The van der Waals surface area contributed by atoms with E-state index in [1.165, 1.54) is 6.20 Å². The lowest BCUT2D eigenvalue weighted by atomic mass is 10.1. The van der Waals surface area contributed by atoms with Crippen LogP contribution in [0.25, 0.3) is 10.8 Å². The molecule has 0 atom stereocenters. The number of pyridine rings is 1. The van der Waals surface area contributed by atoms with Crippen LogP contribution in [0.4, 0.5) is 30.2 Å². The quantitative estimate of drug-likeness (QED) is 0.394. The minimum atomic E-state index is -4.54. The summed E-state index contributed by atoms with van der Waals surface area (Å²) in [6.45, 7) is -2.03. The second-order valence-electron chi connectivity index (χ2n) is 6.85. The topological polar surface area (TPSA) is 99.0 Å². The van der Waals surface area contributed by atoms with Crippen molar-refractivity contribution >= 4 is 51.6 Å². The Morgan fingerprint density at radius 1 is 1.25 bits per heavy atom. The number of anilines is 3. The highest BCUT2D eigenvalue weighted by Gasteiger charge is 2.27. The molecule has 1 heterocycles. The van der Waals surface area contributed by atoms with Gasteiger partial charge in [0.2, 0.25) is 5.91 Å². The van der Waals surface area contributed by atoms with Crippen LogP contribution in [-0.2, 0) is 11.3 Å². The third kappa shape index (κ3) is 5.20. The third-order valence-electron chi connectivity index (χ3n) is 4.61. The zero-order chi connectivity index (χ0) is 23.5. The summed E-state index contributed by atoms with van der Waals surface area (Å²) in [7, 11) is 1.68. The Balaban J connectivity index is 1.96. The van der Waals surface area contributed by atoms with Crippen LogP contribution in [-0.4, -0.2) is 36.5 Å². The summed E-state index contributed by atoms with van der Waals surface area (Å²) in [6, 6.07) is 9.99. The molecule has 3 aromatic rings. The van der Waals surface area contributed by atoms with Crippen LogP contribution in [0.15, 0.2) is 47.4 Å². The van der Waals surface area contributed by atoms with E-state index in [-0.39, 0.29) is 5.39 Å². The summed E-state index contributed by atoms with van der Waals surface area (Å²) < 4.78 is 38.0. The van der Waals surface area contributed by atoms with Crippen molar-refractivity contribution in [2.24, 2.45) is 0 Å². The van der Waals surface area contributed by atoms with Crippen molar-refractivity contribution in [1.29, 1.82) is 5.41 Å². The van der Waals surface area contributed by atoms with E-state index < -0.39 is 30.7 Å². The second-order valence-corrected chi connectivity index (χ2v) is 7.26. The van der Waals surface area contributed by atoms with Gasteiger partial charge in [-0.3, -0.25) is 9.59 Å². The molecule has 0 unspecified atom stereocenters. The molecule has 168 valence electrons. The Kier molecular flexibility index (Phi) is 6.73. The summed E-state index contributed by atoms with van der Waals surface area (Å²) in [6.07, 6.45) is -2.05. The summed E-state index contributed by atoms with van der Waals surface area (Å²) in [5, 5.41) is 16.6. The molecule has 3 rings (SSSR count). The fraction of sp³-hybridized carbons (Fsp3) is 0.190. The van der Waals surface area contributed by atoms with Gasteiger partial charge in [-0.25, -0.2) is 0 Å². The van der Waals surface area contributed by atoms with Gasteiger partial charge in [0.25, 0.3) is 5.56 Å². The number of nitrogens with one attached hydrogen (secondary N) is 4. The van der Waals surface area contributed by atoms with Gasteiger partial charge in [0, 0.05) is 30.7 Å². The Labute approximate surface area is 185 Å². The molecular formula is C21H19ClF3N5O2. The first kappa shape index (κ1) is 23.1. The normalized spacial score (nSPS) is 11.3. The molecule has 0 saturated carbocycles. The van der Waals surface area contributed by atoms with E-state index in [1.54, 1.807) is 48.8 Å². The van der Waals surface area contributed by atoms with E-state index in [2.05, 4.69) is 10.6 Å². The van der Waals surface area contributed by atoms with E-state index in [9.17, 15) is 22.8 Å². The van der Waals surface area contributed by atoms with Crippen molar-refractivity contribution in [3.05, 3.63) is 63.5 Å². The molecule has 0 aliphatic heterocycles. The SMILES string of the molecule is CNc1c(Cl)cc(Nc2cccc3ccn(CC(=O)NCC(F)(F)F)c(=O)c23)cc1C=N. The Hall–Kier alpha value is -3.53. The predicted octanol–water partition coefficient (Wildman–Crippen LogP) is 4.12. The van der Waals surface area contributed by atoms with Gasteiger partial charge in [0.15, 0.2) is 0 Å². The smallest absolute Gasteiger partial charge is 0.386 e. The van der Waals surface area contributed by atoms with Crippen molar-refractivity contribution in [1.82, 2.24) is 9.88 Å². The molecule has 2 aromatic carbocycles. The number of amides is 1. The van der Waals surface area contributed by atoms with E-state index >= 15 is 0 Å². The van der Waals surface area contributed by atoms with Crippen LogP contribution < -0.4 is 21.5 Å². The zero-order valence-corrected chi connectivity index (χ0v) is 17.6. The zero-order valence-electron chi connectivity index (χ0n) is 16.8. The number of nitrogens with zero attached hydrogens (tertiary/aromatic N) is 1. The number of aromatic nitrogens is 1. The lowest BCUT2D eigenvalue weighted by Gasteiger charge is -2.15. The number of rotatable bonds is 7. The molecule has 0 spiro atoms. The summed E-state index contributed by atoms with van der Waals surface area (Å²) in [4.78, 5) is 24.9. The highest BCUT2D eigenvalue weighted by Crippen LogP contribution is 2.31. The predicted molar refractivity (Wildman–Crippen MR) is 119 cm³/mol. The molecule has 11 heteroatoms. The van der Waals surface area contributed by atoms with Crippen LogP contribution in [0.2, 0.25) is 5.02 Å². The summed E-state index contributed by atoms with van der Waals surface area (Å²) in [5.74, 6) is -0.931. The van der Waals surface area contributed by atoms with Crippen molar-refractivity contribution < 1.29 is 18.0 Å². The maximum Gasteiger partial charge on any atom is 0.405 e. The number of fused-ring (bicyclic) bond motifs is 1. The maximum atomic E-state index is 13.0. The molecule has 4 N–H and O–H groups in total. The molecule has 1 amide bonds. The van der Waals surface area contributed by atoms with E-state index in [0.717, 1.165) is 10.8 Å². The molecule has 0 radical (unpaired) electrons. The average Bonchev–Trinajstić information content (AvgIpc) is 2.73. The first-order valence-electron chi connectivity index (χ1n) is 9.37. The highest BCUT2D eigenvalue weighted by molar-refractivity contribution is 6.34. The van der Waals surface area contributed by atoms with Gasteiger partial charge >= 0.3 is 6.18 Å². The number of benzene rings is 2. The van der Waals surface area contributed by atoms with Crippen LogP contribution in [0.3, 0.4) is 0 Å². The van der Waals surface area contributed by atoms with Crippen LogP contribution in [0.1, 0.15) is 5.56 Å². The Morgan fingerprint density at radius 3 is 2.66 bits per heavy atom. The van der Waals surface area contributed by atoms with Gasteiger partial charge in [-0.2, -0.15) is 13.2 Å². The molecule has 0 aliphatic rings. The fourth-order valence-corrected chi connectivity index (χ4v) is 3.52. The van der Waals surface area contributed by atoms with Gasteiger partial charge in [-0.15, -0.1) is 0 Å². The summed E-state index contributed by atoms with van der Waals surface area (Å²) in [5.41, 5.74) is 1.51. The van der Waals surface area contributed by atoms with Gasteiger partial charge < -0.3 is 25.9 Å². The molecule has 0 fully saturated rings. The van der Waals surface area contributed by atoms with Crippen molar-refractivity contribution in [3.8, 4) is 0 Å². The minimum Gasteiger partial charge on any atom is -0.386 e. The monoisotopic (exact) mass is 465 g/mol. The van der Waals surface area contributed by atoms with E-state index in [4.69, 9.17) is 17.0 Å². The molecule has 0 saturated heterocycles. The van der Waals surface area contributed by atoms with Gasteiger partial charge in [0.05, 0.1) is 21.8 Å². The number of carbonyl (C=O) groups excluding carboxylic acids is 1. The standard InChI is InChI=1S/C21H19ClF3N5O2/c1-27-19-13(9-26)7-14(8-15(19)22)29-16-4-2-3-12-5-6-30(20(32)18(12)16)10-17(31)28-11-21(23,24)25/h2-9,26-27,29H,10-11H2,1H3,(H,28,31). The molecule has 0 aliphatic carbocycles. The number of carbonyl (C=O) groups is 1. The maximum absolute atomic E-state index is 13.0. The van der Waals surface area contributed by atoms with Crippen molar-refractivity contribution in [3.63, 3.8) is 0 Å². The Morgan fingerprint density at radius 2 is 2.00 bits per heavy atom. The number of alkyl halides is 3. The minimum absolute atomic E-state index is 0.254. The van der Waals surface area contributed by atoms with Crippen molar-refractivity contribution in [2.45, 2.75) is 12.7 Å². The van der Waals surface area contributed by atoms with Crippen LogP contribution in [0.5, 0.6) is 0 Å². The molecule has 32 heavy (non-hydrogen) atoms. The number of hydrogen-bond acceptors (Lipinski definition) is 5. The number of halogens is 4.